The Balaban J connectivity index is 0. The zero-order chi connectivity index (χ0) is 10.7. The van der Waals surface area contributed by atoms with E-state index in [0.717, 1.165) is 0 Å². The number of carbonyl (C=O) groups excluding carboxylic acids is 1. The number of aliphatic carboxylic acids is 1. The van der Waals surface area contributed by atoms with Gasteiger partial charge < -0.3 is 9.84 Å². The Kier molecular flexibility index (Phi) is 11.2. The molecule has 74 valence electrons. The first-order valence-electron chi connectivity index (χ1n) is 3.65. The predicted octanol–water partition coefficient (Wildman–Crippen LogP) is 1.38. The molecule has 0 fully saturated rings. The molecule has 0 saturated carbocycles. The summed E-state index contributed by atoms with van der Waals surface area (Å²) >= 11 is 0. The molecule has 0 aromatic rings. The smallest absolute Gasteiger partial charge is 0.306 e. The number of esters is 1. The highest BCUT2D eigenvalue weighted by Gasteiger charge is 2.04. The van der Waals surface area contributed by atoms with Crippen molar-refractivity contribution < 1.29 is 19.4 Å². The van der Waals surface area contributed by atoms with Gasteiger partial charge in [0, 0.05) is 0 Å². The Bertz CT molecular complexity index is 174. The van der Waals surface area contributed by atoms with Crippen molar-refractivity contribution in [1.82, 2.24) is 0 Å². The van der Waals surface area contributed by atoms with Crippen LogP contribution in [0.4, 0.5) is 0 Å². The van der Waals surface area contributed by atoms with E-state index in [1.165, 1.54) is 6.08 Å². The van der Waals surface area contributed by atoms with Crippen LogP contribution in [-0.2, 0) is 14.3 Å². The van der Waals surface area contributed by atoms with E-state index in [9.17, 15) is 9.59 Å². The number of hydrogen-bond donors (Lipinski definition) is 1. The number of hydrogen-bond acceptors (Lipinski definition) is 3. The Morgan fingerprint density at radius 3 is 2.23 bits per heavy atom. The SMILES string of the molecule is C=C.C=CCOC(=O)CCC(=O)O. The molecule has 0 spiro atoms. The van der Waals surface area contributed by atoms with E-state index in [1.807, 2.05) is 0 Å². The Morgan fingerprint density at radius 2 is 1.85 bits per heavy atom. The molecule has 1 N–H and O–H groups in total. The number of carboxylic acid groups (broad SMARTS) is 1. The lowest BCUT2D eigenvalue weighted by atomic mass is 10.3. The fraction of sp³-hybridized carbons (Fsp3) is 0.333. The third-order valence-corrected chi connectivity index (χ3v) is 0.905. The van der Waals surface area contributed by atoms with Gasteiger partial charge in [0.1, 0.15) is 6.61 Å². The van der Waals surface area contributed by atoms with Gasteiger partial charge in [0.2, 0.25) is 0 Å². The monoisotopic (exact) mass is 186 g/mol. The summed E-state index contributed by atoms with van der Waals surface area (Å²) in [6.45, 7) is 9.47. The summed E-state index contributed by atoms with van der Waals surface area (Å²) in [5, 5.41) is 8.16. The average Bonchev–Trinajstić information content (AvgIpc) is 2.14. The zero-order valence-electron chi connectivity index (χ0n) is 7.49. The van der Waals surface area contributed by atoms with Gasteiger partial charge in [0.25, 0.3) is 0 Å². The maximum Gasteiger partial charge on any atom is 0.306 e. The highest BCUT2D eigenvalue weighted by Crippen LogP contribution is 1.92. The topological polar surface area (TPSA) is 63.6 Å². The fourth-order valence-corrected chi connectivity index (χ4v) is 0.433. The molecular weight excluding hydrogens is 172 g/mol. The van der Waals surface area contributed by atoms with Gasteiger partial charge in [0.05, 0.1) is 12.8 Å². The maximum absolute atomic E-state index is 10.6. The molecule has 0 aliphatic heterocycles. The van der Waals surface area contributed by atoms with Crippen LogP contribution in [0.5, 0.6) is 0 Å². The van der Waals surface area contributed by atoms with Gasteiger partial charge >= 0.3 is 11.9 Å². The third kappa shape index (κ3) is 13.4. The summed E-state index contributed by atoms with van der Waals surface area (Å²) < 4.78 is 4.52. The van der Waals surface area contributed by atoms with Crippen LogP contribution in [0.1, 0.15) is 12.8 Å². The maximum atomic E-state index is 10.6. The molecule has 0 saturated heterocycles. The van der Waals surface area contributed by atoms with Crippen LogP contribution in [-0.4, -0.2) is 23.7 Å². The third-order valence-electron chi connectivity index (χ3n) is 0.905. The fourth-order valence-electron chi connectivity index (χ4n) is 0.433. The first kappa shape index (κ1) is 14.0. The van der Waals surface area contributed by atoms with Gasteiger partial charge in [-0.05, 0) is 0 Å². The first-order chi connectivity index (χ1) is 6.16. The largest absolute Gasteiger partial charge is 0.481 e. The molecule has 0 radical (unpaired) electrons. The van der Waals surface area contributed by atoms with Crippen LogP contribution in [0.15, 0.2) is 25.8 Å². The van der Waals surface area contributed by atoms with Gasteiger partial charge in [0.15, 0.2) is 0 Å². The Labute approximate surface area is 77.5 Å². The van der Waals surface area contributed by atoms with Gasteiger partial charge in [-0.3, -0.25) is 9.59 Å². The molecule has 0 rings (SSSR count). The quantitative estimate of drug-likeness (QED) is 0.520. The molecule has 4 nitrogen and oxygen atoms in total. The number of carboxylic acids is 1. The van der Waals surface area contributed by atoms with Crippen LogP contribution in [0.25, 0.3) is 0 Å². The molecule has 0 unspecified atom stereocenters. The first-order valence-corrected chi connectivity index (χ1v) is 3.65. The second-order valence-corrected chi connectivity index (χ2v) is 1.87. The Morgan fingerprint density at radius 1 is 1.31 bits per heavy atom. The van der Waals surface area contributed by atoms with E-state index in [4.69, 9.17) is 5.11 Å². The van der Waals surface area contributed by atoms with E-state index >= 15 is 0 Å². The van der Waals surface area contributed by atoms with E-state index in [0.29, 0.717) is 0 Å². The molecule has 0 atom stereocenters. The lowest BCUT2D eigenvalue weighted by Gasteiger charge is -1.98. The van der Waals surface area contributed by atoms with Crippen molar-refractivity contribution in [3.63, 3.8) is 0 Å². The van der Waals surface area contributed by atoms with E-state index in [-0.39, 0.29) is 19.4 Å². The van der Waals surface area contributed by atoms with E-state index in [2.05, 4.69) is 24.5 Å². The standard InChI is InChI=1S/C7H10O4.C2H4/c1-2-5-11-7(10)4-3-6(8)9;1-2/h2H,1,3-5H2,(H,8,9);1-2H2. The van der Waals surface area contributed by atoms with Crippen molar-refractivity contribution >= 4 is 11.9 Å². The summed E-state index contributed by atoms with van der Waals surface area (Å²) in [7, 11) is 0. The molecule has 13 heavy (non-hydrogen) atoms. The lowest BCUT2D eigenvalue weighted by Crippen LogP contribution is -2.07. The minimum absolute atomic E-state index is 0.0802. The predicted molar refractivity (Wildman–Crippen MR) is 49.3 cm³/mol. The molecule has 0 aliphatic rings. The molecule has 0 aromatic carbocycles. The number of ether oxygens (including phenoxy) is 1. The second-order valence-electron chi connectivity index (χ2n) is 1.87. The highest BCUT2D eigenvalue weighted by atomic mass is 16.5. The molecule has 4 heteroatoms. The van der Waals surface area contributed by atoms with Crippen LogP contribution >= 0.6 is 0 Å². The van der Waals surface area contributed by atoms with Gasteiger partial charge in [-0.15, -0.1) is 13.2 Å². The van der Waals surface area contributed by atoms with Crippen molar-refractivity contribution in [2.45, 2.75) is 12.8 Å². The molecule has 0 aromatic heterocycles. The second kappa shape index (κ2) is 10.4. The summed E-state index contributed by atoms with van der Waals surface area (Å²) in [6.07, 6.45) is 1.16. The summed E-state index contributed by atoms with van der Waals surface area (Å²) in [4.78, 5) is 20.5. The van der Waals surface area contributed by atoms with Crippen molar-refractivity contribution in [2.24, 2.45) is 0 Å². The number of rotatable bonds is 5. The van der Waals surface area contributed by atoms with Crippen molar-refractivity contribution in [3.8, 4) is 0 Å². The minimum atomic E-state index is -0.999. The molecule has 0 aliphatic carbocycles. The molecule has 0 heterocycles. The molecule has 0 bridgehead atoms. The van der Waals surface area contributed by atoms with Crippen LogP contribution < -0.4 is 0 Å². The van der Waals surface area contributed by atoms with Crippen LogP contribution in [0, 0.1) is 0 Å². The summed E-state index contributed by atoms with van der Waals surface area (Å²) in [5.74, 6) is -1.51. The normalized spacial score (nSPS) is 7.69. The minimum Gasteiger partial charge on any atom is -0.481 e. The summed E-state index contributed by atoms with van der Waals surface area (Å²) in [6, 6.07) is 0. The van der Waals surface area contributed by atoms with Gasteiger partial charge in [-0.25, -0.2) is 0 Å². The van der Waals surface area contributed by atoms with Gasteiger partial charge in [-0.2, -0.15) is 0 Å². The van der Waals surface area contributed by atoms with E-state index in [1.54, 1.807) is 0 Å². The lowest BCUT2D eigenvalue weighted by molar-refractivity contribution is -0.146. The molecular formula is C9H14O4. The molecule has 0 amide bonds. The van der Waals surface area contributed by atoms with Gasteiger partial charge in [-0.1, -0.05) is 12.7 Å². The number of carbonyl (C=O) groups is 2. The van der Waals surface area contributed by atoms with Crippen LogP contribution in [0.3, 0.4) is 0 Å². The van der Waals surface area contributed by atoms with Crippen LogP contribution in [0.2, 0.25) is 0 Å². The van der Waals surface area contributed by atoms with Crippen molar-refractivity contribution in [3.05, 3.63) is 25.8 Å². The highest BCUT2D eigenvalue weighted by molar-refractivity contribution is 5.76. The van der Waals surface area contributed by atoms with E-state index < -0.39 is 11.9 Å². The van der Waals surface area contributed by atoms with Crippen molar-refractivity contribution in [2.75, 3.05) is 6.61 Å². The summed E-state index contributed by atoms with van der Waals surface area (Å²) in [5.41, 5.74) is 0. The zero-order valence-corrected chi connectivity index (χ0v) is 7.49. The van der Waals surface area contributed by atoms with Crippen molar-refractivity contribution in [1.29, 1.82) is 0 Å². The Hall–Kier alpha value is -1.58. The average molecular weight is 186 g/mol.